The molecule has 1 heterocycles. The smallest absolute Gasteiger partial charge is 0.149 e. The van der Waals surface area contributed by atoms with Crippen LogP contribution in [0.4, 0.5) is 0 Å². The van der Waals surface area contributed by atoms with Crippen LogP contribution in [0.1, 0.15) is 13.3 Å². The number of dihydropyridines is 1. The van der Waals surface area contributed by atoms with Gasteiger partial charge in [0, 0.05) is 0 Å². The second kappa shape index (κ2) is 4.12. The standard InChI is InChI=1S/C8H13N2/c1-2-6-9-8-5-3-4-7-10-8/h3-5,7,9-10H,2,6H2,1H3. The summed E-state index contributed by atoms with van der Waals surface area (Å²) in [6.45, 7) is 3.18. The molecule has 0 aromatic rings. The Hall–Kier alpha value is -0.760. The SMILES string of the molecule is CCCN[C]1C=CC=CN1. The molecule has 0 unspecified atom stereocenters. The lowest BCUT2D eigenvalue weighted by molar-refractivity contribution is 0.659. The minimum absolute atomic E-state index is 1.03. The molecule has 2 heteroatoms. The molecule has 1 aliphatic rings. The van der Waals surface area contributed by atoms with E-state index in [1.807, 2.05) is 24.4 Å². The Morgan fingerprint density at radius 2 is 2.40 bits per heavy atom. The Kier molecular flexibility index (Phi) is 3.03. The van der Waals surface area contributed by atoms with Crippen LogP contribution in [0, 0.1) is 6.17 Å². The normalized spacial score (nSPS) is 17.3. The van der Waals surface area contributed by atoms with Crippen LogP contribution >= 0.6 is 0 Å². The molecule has 0 aromatic heterocycles. The lowest BCUT2D eigenvalue weighted by atomic mass is 10.3. The van der Waals surface area contributed by atoms with Crippen LogP contribution < -0.4 is 10.6 Å². The van der Waals surface area contributed by atoms with Crippen LogP contribution in [0.15, 0.2) is 24.4 Å². The predicted octanol–water partition coefficient (Wildman–Crippen LogP) is 1.15. The zero-order valence-electron chi connectivity index (χ0n) is 6.22. The summed E-state index contributed by atoms with van der Waals surface area (Å²) in [5.41, 5.74) is 0. The average molecular weight is 137 g/mol. The van der Waals surface area contributed by atoms with Crippen LogP contribution in [0.5, 0.6) is 0 Å². The van der Waals surface area contributed by atoms with Crippen molar-refractivity contribution in [3.63, 3.8) is 0 Å². The number of nitrogens with one attached hydrogen (secondary N) is 2. The van der Waals surface area contributed by atoms with E-state index in [9.17, 15) is 0 Å². The minimum atomic E-state index is 1.03. The van der Waals surface area contributed by atoms with Crippen molar-refractivity contribution in [1.29, 1.82) is 0 Å². The fourth-order valence-corrected chi connectivity index (χ4v) is 0.763. The van der Waals surface area contributed by atoms with Gasteiger partial charge in [-0.2, -0.15) is 0 Å². The summed E-state index contributed by atoms with van der Waals surface area (Å²) in [6.07, 6.45) is 10.2. The summed E-state index contributed by atoms with van der Waals surface area (Å²) in [6, 6.07) is 0. The van der Waals surface area contributed by atoms with Crippen LogP contribution in [-0.2, 0) is 0 Å². The summed E-state index contributed by atoms with van der Waals surface area (Å²) < 4.78 is 0. The molecule has 0 amide bonds. The van der Waals surface area contributed by atoms with Crippen molar-refractivity contribution in [3.05, 3.63) is 30.6 Å². The van der Waals surface area contributed by atoms with Crippen LogP contribution in [0.25, 0.3) is 0 Å². The topological polar surface area (TPSA) is 24.1 Å². The Balaban J connectivity index is 2.17. The Morgan fingerprint density at radius 3 is 3.00 bits per heavy atom. The highest BCUT2D eigenvalue weighted by Gasteiger charge is 2.01. The van der Waals surface area contributed by atoms with E-state index >= 15 is 0 Å². The summed E-state index contributed by atoms with van der Waals surface area (Å²) >= 11 is 0. The Morgan fingerprint density at radius 1 is 1.50 bits per heavy atom. The van der Waals surface area contributed by atoms with Crippen molar-refractivity contribution >= 4 is 0 Å². The van der Waals surface area contributed by atoms with E-state index in [1.165, 1.54) is 0 Å². The van der Waals surface area contributed by atoms with Gasteiger partial charge in [-0.15, -0.1) is 0 Å². The highest BCUT2D eigenvalue weighted by atomic mass is 15.1. The number of hydrogen-bond donors (Lipinski definition) is 2. The third-order valence-electron chi connectivity index (χ3n) is 1.27. The van der Waals surface area contributed by atoms with Gasteiger partial charge >= 0.3 is 0 Å². The first-order chi connectivity index (χ1) is 4.93. The van der Waals surface area contributed by atoms with Crippen LogP contribution in [-0.4, -0.2) is 6.54 Å². The minimum Gasteiger partial charge on any atom is -0.367 e. The highest BCUT2D eigenvalue weighted by molar-refractivity contribution is 5.19. The monoisotopic (exact) mass is 137 g/mol. The molecule has 0 saturated carbocycles. The molecule has 0 fully saturated rings. The molecule has 2 nitrogen and oxygen atoms in total. The van der Waals surface area contributed by atoms with Gasteiger partial charge in [0.15, 0.2) is 0 Å². The van der Waals surface area contributed by atoms with Crippen molar-refractivity contribution < 1.29 is 0 Å². The molecule has 0 saturated heterocycles. The molecule has 0 aromatic carbocycles. The predicted molar refractivity (Wildman–Crippen MR) is 43.0 cm³/mol. The fraction of sp³-hybridized carbons (Fsp3) is 0.375. The molecule has 0 aliphatic carbocycles. The first kappa shape index (κ1) is 7.35. The number of rotatable bonds is 3. The fourth-order valence-electron chi connectivity index (χ4n) is 0.763. The first-order valence-electron chi connectivity index (χ1n) is 3.64. The lowest BCUT2D eigenvalue weighted by Crippen LogP contribution is -2.30. The molecule has 55 valence electrons. The summed E-state index contributed by atoms with van der Waals surface area (Å²) in [5, 5.41) is 6.33. The maximum absolute atomic E-state index is 3.24. The van der Waals surface area contributed by atoms with E-state index in [1.54, 1.807) is 0 Å². The van der Waals surface area contributed by atoms with Gasteiger partial charge in [0.05, 0.1) is 0 Å². The lowest BCUT2D eigenvalue weighted by Gasteiger charge is -2.14. The largest absolute Gasteiger partial charge is 0.367 e. The quantitative estimate of drug-likeness (QED) is 0.609. The highest BCUT2D eigenvalue weighted by Crippen LogP contribution is 1.97. The molecule has 1 rings (SSSR count). The summed E-state index contributed by atoms with van der Waals surface area (Å²) in [7, 11) is 0. The molecule has 1 aliphatic heterocycles. The Labute approximate surface area is 62.0 Å². The molecule has 0 atom stereocenters. The number of hydrogen-bond acceptors (Lipinski definition) is 2. The zero-order chi connectivity index (χ0) is 7.23. The van der Waals surface area contributed by atoms with Gasteiger partial charge in [-0.05, 0) is 31.3 Å². The third-order valence-corrected chi connectivity index (χ3v) is 1.27. The van der Waals surface area contributed by atoms with Crippen LogP contribution in [0.3, 0.4) is 0 Å². The van der Waals surface area contributed by atoms with E-state index in [2.05, 4.69) is 17.6 Å². The zero-order valence-corrected chi connectivity index (χ0v) is 6.22. The van der Waals surface area contributed by atoms with Gasteiger partial charge in [0.2, 0.25) is 0 Å². The van der Waals surface area contributed by atoms with Crippen molar-refractivity contribution in [2.45, 2.75) is 13.3 Å². The van der Waals surface area contributed by atoms with Gasteiger partial charge in [-0.25, -0.2) is 0 Å². The molecule has 1 radical (unpaired) electrons. The maximum atomic E-state index is 3.24. The van der Waals surface area contributed by atoms with Crippen molar-refractivity contribution in [3.8, 4) is 0 Å². The second-order valence-corrected chi connectivity index (χ2v) is 2.20. The average Bonchev–Trinajstić information content (AvgIpc) is 2.03. The maximum Gasteiger partial charge on any atom is 0.149 e. The van der Waals surface area contributed by atoms with Crippen LogP contribution in [0.2, 0.25) is 0 Å². The molecular formula is C8H13N2. The number of allylic oxidation sites excluding steroid dienone is 2. The van der Waals surface area contributed by atoms with Gasteiger partial charge in [-0.1, -0.05) is 13.0 Å². The molecule has 0 spiro atoms. The van der Waals surface area contributed by atoms with Gasteiger partial charge in [-0.3, -0.25) is 5.32 Å². The third kappa shape index (κ3) is 2.23. The molecular weight excluding hydrogens is 124 g/mol. The second-order valence-electron chi connectivity index (χ2n) is 2.20. The van der Waals surface area contributed by atoms with E-state index in [0.29, 0.717) is 0 Å². The molecule has 10 heavy (non-hydrogen) atoms. The van der Waals surface area contributed by atoms with E-state index in [4.69, 9.17) is 0 Å². The van der Waals surface area contributed by atoms with E-state index in [-0.39, 0.29) is 0 Å². The van der Waals surface area contributed by atoms with Crippen molar-refractivity contribution in [1.82, 2.24) is 10.6 Å². The van der Waals surface area contributed by atoms with Crippen molar-refractivity contribution in [2.24, 2.45) is 0 Å². The first-order valence-corrected chi connectivity index (χ1v) is 3.64. The van der Waals surface area contributed by atoms with Gasteiger partial charge < -0.3 is 5.32 Å². The summed E-state index contributed by atoms with van der Waals surface area (Å²) in [4.78, 5) is 0. The molecule has 0 bridgehead atoms. The van der Waals surface area contributed by atoms with Crippen molar-refractivity contribution in [2.75, 3.05) is 6.54 Å². The molecule has 2 N–H and O–H groups in total. The van der Waals surface area contributed by atoms with Gasteiger partial charge in [0.1, 0.15) is 6.17 Å². The van der Waals surface area contributed by atoms with E-state index in [0.717, 1.165) is 19.1 Å². The summed E-state index contributed by atoms with van der Waals surface area (Å²) in [5.74, 6) is 0. The Bertz CT molecular complexity index is 138. The van der Waals surface area contributed by atoms with E-state index < -0.39 is 0 Å². The van der Waals surface area contributed by atoms with Gasteiger partial charge in [0.25, 0.3) is 0 Å².